The molecule has 2 rings (SSSR count). The van der Waals surface area contributed by atoms with Crippen LogP contribution in [0.5, 0.6) is 0 Å². The van der Waals surface area contributed by atoms with E-state index in [2.05, 4.69) is 26.2 Å². The first-order chi connectivity index (χ1) is 10.1. The quantitative estimate of drug-likeness (QED) is 0.833. The van der Waals surface area contributed by atoms with Crippen LogP contribution in [0.3, 0.4) is 0 Å². The van der Waals surface area contributed by atoms with E-state index in [-0.39, 0.29) is 11.5 Å². The van der Waals surface area contributed by atoms with Crippen molar-refractivity contribution in [2.24, 2.45) is 0 Å². The van der Waals surface area contributed by atoms with Crippen LogP contribution in [0.4, 0.5) is 5.69 Å². The molecule has 0 aliphatic carbocycles. The number of carboxylic acid groups (broad SMARTS) is 1. The van der Waals surface area contributed by atoms with Gasteiger partial charge in [0.15, 0.2) is 0 Å². The summed E-state index contributed by atoms with van der Waals surface area (Å²) in [5, 5.41) is 11.6. The van der Waals surface area contributed by atoms with E-state index in [4.69, 9.17) is 5.11 Å². The minimum atomic E-state index is -1.07. The van der Waals surface area contributed by atoms with Crippen LogP contribution in [-0.2, 0) is 4.79 Å². The Bertz CT molecular complexity index is 699. The Labute approximate surface area is 129 Å². The molecule has 106 valence electrons. The predicted molar refractivity (Wildman–Crippen MR) is 83.0 cm³/mol. The average molecular weight is 347 g/mol. The number of hydrogen-bond acceptors (Lipinski definition) is 3. The highest BCUT2D eigenvalue weighted by Gasteiger charge is 2.09. The van der Waals surface area contributed by atoms with Gasteiger partial charge < -0.3 is 10.4 Å². The van der Waals surface area contributed by atoms with Gasteiger partial charge in [-0.05, 0) is 51.8 Å². The maximum absolute atomic E-state index is 11.8. The molecule has 2 aromatic rings. The number of carbonyl (C=O) groups is 2. The molecule has 0 aliphatic rings. The fourth-order valence-electron chi connectivity index (χ4n) is 1.60. The van der Waals surface area contributed by atoms with Gasteiger partial charge in [-0.2, -0.15) is 0 Å². The van der Waals surface area contributed by atoms with Crippen molar-refractivity contribution >= 4 is 39.6 Å². The Morgan fingerprint density at radius 3 is 2.76 bits per heavy atom. The lowest BCUT2D eigenvalue weighted by Crippen LogP contribution is -2.09. The summed E-state index contributed by atoms with van der Waals surface area (Å²) in [7, 11) is 0. The van der Waals surface area contributed by atoms with Crippen molar-refractivity contribution in [1.29, 1.82) is 0 Å². The van der Waals surface area contributed by atoms with Crippen LogP contribution in [-0.4, -0.2) is 22.0 Å². The summed E-state index contributed by atoms with van der Waals surface area (Å²) < 4.78 is 0.457. The van der Waals surface area contributed by atoms with Gasteiger partial charge in [0.25, 0.3) is 0 Å². The number of aromatic carboxylic acids is 1. The molecule has 1 aromatic heterocycles. The Balaban J connectivity index is 2.08. The Morgan fingerprint density at radius 1 is 1.29 bits per heavy atom. The van der Waals surface area contributed by atoms with E-state index in [1.54, 1.807) is 36.7 Å². The number of nitrogens with zero attached hydrogens (tertiary/aromatic N) is 1. The molecule has 1 amide bonds. The van der Waals surface area contributed by atoms with Crippen molar-refractivity contribution in [3.05, 3.63) is 64.4 Å². The summed E-state index contributed by atoms with van der Waals surface area (Å²) in [6.07, 6.45) is 6.26. The standard InChI is InChI=1S/C15H11BrN2O3/c16-13-5-4-11(8-12(13)15(20)21)18-14(19)6-3-10-2-1-7-17-9-10/h1-9H,(H,18,19)(H,20,21)/b6-3+. The number of carbonyl (C=O) groups excluding carboxylic acids is 1. The van der Waals surface area contributed by atoms with Gasteiger partial charge in [0.05, 0.1) is 5.56 Å². The molecule has 0 radical (unpaired) electrons. The Hall–Kier alpha value is -2.47. The molecular formula is C15H11BrN2O3. The number of hydrogen-bond donors (Lipinski definition) is 2. The van der Waals surface area contributed by atoms with Crippen LogP contribution in [0.15, 0.2) is 53.3 Å². The summed E-state index contributed by atoms with van der Waals surface area (Å²) in [5.74, 6) is -1.42. The molecular weight excluding hydrogens is 336 g/mol. The minimum Gasteiger partial charge on any atom is -0.478 e. The molecule has 0 fully saturated rings. The zero-order valence-electron chi connectivity index (χ0n) is 10.8. The second-order valence-electron chi connectivity index (χ2n) is 4.11. The second kappa shape index (κ2) is 6.81. The van der Waals surface area contributed by atoms with E-state index in [9.17, 15) is 9.59 Å². The van der Waals surface area contributed by atoms with Crippen LogP contribution in [0.1, 0.15) is 15.9 Å². The van der Waals surface area contributed by atoms with Crippen molar-refractivity contribution in [1.82, 2.24) is 4.98 Å². The summed E-state index contributed by atoms with van der Waals surface area (Å²) in [6, 6.07) is 8.17. The van der Waals surface area contributed by atoms with Crippen LogP contribution in [0.25, 0.3) is 6.08 Å². The van der Waals surface area contributed by atoms with Gasteiger partial charge in [-0.25, -0.2) is 4.79 Å². The molecule has 1 aromatic carbocycles. The van der Waals surface area contributed by atoms with E-state index < -0.39 is 5.97 Å². The fraction of sp³-hybridized carbons (Fsp3) is 0. The van der Waals surface area contributed by atoms with Gasteiger partial charge in [-0.1, -0.05) is 6.07 Å². The smallest absolute Gasteiger partial charge is 0.336 e. The Morgan fingerprint density at radius 2 is 2.10 bits per heavy atom. The molecule has 21 heavy (non-hydrogen) atoms. The summed E-state index contributed by atoms with van der Waals surface area (Å²) >= 11 is 3.14. The molecule has 0 unspecified atom stereocenters. The van der Waals surface area contributed by atoms with Crippen molar-refractivity contribution in [2.45, 2.75) is 0 Å². The van der Waals surface area contributed by atoms with Gasteiger partial charge in [-0.3, -0.25) is 9.78 Å². The lowest BCUT2D eigenvalue weighted by molar-refractivity contribution is -0.111. The first-order valence-electron chi connectivity index (χ1n) is 5.98. The number of aromatic nitrogens is 1. The van der Waals surface area contributed by atoms with E-state index in [0.29, 0.717) is 10.2 Å². The zero-order valence-corrected chi connectivity index (χ0v) is 12.4. The number of rotatable bonds is 4. The molecule has 0 saturated carbocycles. The van der Waals surface area contributed by atoms with E-state index in [0.717, 1.165) is 5.56 Å². The lowest BCUT2D eigenvalue weighted by atomic mass is 10.2. The van der Waals surface area contributed by atoms with Gasteiger partial charge in [-0.15, -0.1) is 0 Å². The third-order valence-electron chi connectivity index (χ3n) is 2.58. The molecule has 0 spiro atoms. The SMILES string of the molecule is O=C(/C=C/c1cccnc1)Nc1ccc(Br)c(C(=O)O)c1. The van der Waals surface area contributed by atoms with Gasteiger partial charge in [0, 0.05) is 28.6 Å². The van der Waals surface area contributed by atoms with E-state index >= 15 is 0 Å². The first-order valence-corrected chi connectivity index (χ1v) is 6.77. The number of halogens is 1. The lowest BCUT2D eigenvalue weighted by Gasteiger charge is -2.05. The number of anilines is 1. The zero-order chi connectivity index (χ0) is 15.2. The maximum Gasteiger partial charge on any atom is 0.336 e. The second-order valence-corrected chi connectivity index (χ2v) is 4.96. The number of amides is 1. The Kier molecular flexibility index (Phi) is 4.84. The van der Waals surface area contributed by atoms with Crippen molar-refractivity contribution < 1.29 is 14.7 Å². The topological polar surface area (TPSA) is 79.3 Å². The van der Waals surface area contributed by atoms with Crippen LogP contribution >= 0.6 is 15.9 Å². The molecule has 2 N–H and O–H groups in total. The van der Waals surface area contributed by atoms with E-state index in [1.165, 1.54) is 12.1 Å². The van der Waals surface area contributed by atoms with Gasteiger partial charge >= 0.3 is 5.97 Å². The van der Waals surface area contributed by atoms with Gasteiger partial charge in [0.1, 0.15) is 0 Å². The monoisotopic (exact) mass is 346 g/mol. The predicted octanol–water partition coefficient (Wildman–Crippen LogP) is 3.19. The molecule has 0 atom stereocenters. The number of nitrogens with one attached hydrogen (secondary N) is 1. The van der Waals surface area contributed by atoms with Crippen LogP contribution in [0, 0.1) is 0 Å². The summed E-state index contributed by atoms with van der Waals surface area (Å²) in [6.45, 7) is 0. The largest absolute Gasteiger partial charge is 0.478 e. The summed E-state index contributed by atoms with van der Waals surface area (Å²) in [5.41, 5.74) is 1.30. The minimum absolute atomic E-state index is 0.0871. The average Bonchev–Trinajstić information content (AvgIpc) is 2.48. The van der Waals surface area contributed by atoms with Crippen molar-refractivity contribution in [2.75, 3.05) is 5.32 Å². The molecule has 0 aliphatic heterocycles. The number of carboxylic acids is 1. The molecule has 0 saturated heterocycles. The van der Waals surface area contributed by atoms with Crippen LogP contribution in [0.2, 0.25) is 0 Å². The molecule has 0 bridgehead atoms. The number of benzene rings is 1. The molecule has 6 heteroatoms. The third kappa shape index (κ3) is 4.25. The molecule has 5 nitrogen and oxygen atoms in total. The fourth-order valence-corrected chi connectivity index (χ4v) is 2.01. The van der Waals surface area contributed by atoms with Crippen LogP contribution < -0.4 is 5.32 Å². The van der Waals surface area contributed by atoms with Gasteiger partial charge in [0.2, 0.25) is 5.91 Å². The maximum atomic E-state index is 11.8. The highest BCUT2D eigenvalue weighted by atomic mass is 79.9. The van der Waals surface area contributed by atoms with Crippen molar-refractivity contribution in [3.63, 3.8) is 0 Å². The van der Waals surface area contributed by atoms with Crippen molar-refractivity contribution in [3.8, 4) is 0 Å². The normalized spacial score (nSPS) is 10.5. The van der Waals surface area contributed by atoms with E-state index in [1.807, 2.05) is 6.07 Å². The molecule has 1 heterocycles. The first kappa shape index (κ1) is 14.9. The highest BCUT2D eigenvalue weighted by molar-refractivity contribution is 9.10. The third-order valence-corrected chi connectivity index (χ3v) is 3.27. The highest BCUT2D eigenvalue weighted by Crippen LogP contribution is 2.21. The summed E-state index contributed by atoms with van der Waals surface area (Å²) in [4.78, 5) is 26.7. The number of pyridine rings is 1.